The highest BCUT2D eigenvalue weighted by molar-refractivity contribution is 5.55. The first-order valence-corrected chi connectivity index (χ1v) is 7.02. The van der Waals surface area contributed by atoms with Crippen molar-refractivity contribution >= 4 is 0 Å². The highest BCUT2D eigenvalue weighted by Gasteiger charge is 2.08. The molecule has 0 radical (unpaired) electrons. The first kappa shape index (κ1) is 13.6. The van der Waals surface area contributed by atoms with Gasteiger partial charge in [0.05, 0.1) is 19.3 Å². The van der Waals surface area contributed by atoms with Crippen LogP contribution in [0.25, 0.3) is 11.3 Å². The fourth-order valence-electron chi connectivity index (χ4n) is 2.14. The van der Waals surface area contributed by atoms with Gasteiger partial charge in [-0.25, -0.2) is 4.98 Å². The number of aromatic nitrogens is 3. The molecule has 0 saturated carbocycles. The van der Waals surface area contributed by atoms with Crippen LogP contribution in [0.5, 0.6) is 0 Å². The molecule has 2 heterocycles. The first-order chi connectivity index (χ1) is 10.3. The molecule has 108 valence electrons. The largest absolute Gasteiger partial charge is 0.439 e. The van der Waals surface area contributed by atoms with Gasteiger partial charge in [-0.1, -0.05) is 30.3 Å². The van der Waals surface area contributed by atoms with Crippen LogP contribution >= 0.6 is 0 Å². The maximum atomic E-state index is 5.76. The van der Waals surface area contributed by atoms with Gasteiger partial charge < -0.3 is 9.73 Å². The lowest BCUT2D eigenvalue weighted by Crippen LogP contribution is -2.30. The average Bonchev–Trinajstić information content (AvgIpc) is 3.17. The summed E-state index contributed by atoms with van der Waals surface area (Å²) in [5.41, 5.74) is 1.04. The summed E-state index contributed by atoms with van der Waals surface area (Å²) in [5, 5.41) is 7.58. The van der Waals surface area contributed by atoms with Crippen LogP contribution < -0.4 is 5.32 Å². The molecular weight excluding hydrogens is 264 g/mol. The topological polar surface area (TPSA) is 55.9 Å². The van der Waals surface area contributed by atoms with Crippen LogP contribution in [0.1, 0.15) is 12.8 Å². The Balaban J connectivity index is 1.55. The smallest absolute Gasteiger partial charge is 0.208 e. The molecule has 3 rings (SSSR count). The summed E-state index contributed by atoms with van der Waals surface area (Å²) in [6, 6.07) is 12.2. The number of nitrogens with one attached hydrogen (secondary N) is 1. The number of benzene rings is 1. The van der Waals surface area contributed by atoms with Gasteiger partial charge in [0.25, 0.3) is 0 Å². The lowest BCUT2D eigenvalue weighted by Gasteiger charge is -2.12. The van der Waals surface area contributed by atoms with Crippen LogP contribution in [0.3, 0.4) is 0 Å². The molecule has 0 aliphatic rings. The van der Waals surface area contributed by atoms with Gasteiger partial charge in [0, 0.05) is 24.0 Å². The first-order valence-electron chi connectivity index (χ1n) is 7.02. The molecule has 0 fully saturated rings. The predicted octanol–water partition coefficient (Wildman–Crippen LogP) is 2.72. The van der Waals surface area contributed by atoms with Gasteiger partial charge in [-0.05, 0) is 13.0 Å². The van der Waals surface area contributed by atoms with Crippen molar-refractivity contribution in [3.8, 4) is 11.3 Å². The van der Waals surface area contributed by atoms with E-state index in [0.29, 0.717) is 12.4 Å². The summed E-state index contributed by atoms with van der Waals surface area (Å²) >= 11 is 0. The van der Waals surface area contributed by atoms with Crippen molar-refractivity contribution in [1.82, 2.24) is 20.1 Å². The van der Waals surface area contributed by atoms with E-state index in [4.69, 9.17) is 4.42 Å². The average molecular weight is 282 g/mol. The minimum atomic E-state index is 0.289. The third-order valence-corrected chi connectivity index (χ3v) is 3.23. The summed E-state index contributed by atoms with van der Waals surface area (Å²) < 4.78 is 7.66. The van der Waals surface area contributed by atoms with Gasteiger partial charge in [-0.2, -0.15) is 5.10 Å². The Labute approximate surface area is 123 Å². The Hall–Kier alpha value is -2.40. The molecule has 0 saturated heterocycles. The van der Waals surface area contributed by atoms with Crippen LogP contribution in [-0.2, 0) is 13.1 Å². The monoisotopic (exact) mass is 282 g/mol. The summed E-state index contributed by atoms with van der Waals surface area (Å²) in [6.45, 7) is 3.54. The van der Waals surface area contributed by atoms with Gasteiger partial charge in [0.15, 0.2) is 5.76 Å². The summed E-state index contributed by atoms with van der Waals surface area (Å²) in [6.07, 6.45) is 5.51. The lowest BCUT2D eigenvalue weighted by molar-refractivity contribution is 0.411. The molecular formula is C16H18N4O. The number of hydrogen-bond donors (Lipinski definition) is 1. The van der Waals surface area contributed by atoms with Crippen molar-refractivity contribution in [1.29, 1.82) is 0 Å². The molecule has 0 bridgehead atoms. The number of rotatable bonds is 6. The normalized spacial score (nSPS) is 12.4. The molecule has 1 atom stereocenters. The van der Waals surface area contributed by atoms with E-state index in [9.17, 15) is 0 Å². The van der Waals surface area contributed by atoms with Crippen molar-refractivity contribution in [3.63, 3.8) is 0 Å². The second-order valence-electron chi connectivity index (χ2n) is 4.99. The lowest BCUT2D eigenvalue weighted by atomic mass is 10.2. The van der Waals surface area contributed by atoms with Gasteiger partial charge in [0.2, 0.25) is 5.89 Å². The predicted molar refractivity (Wildman–Crippen MR) is 80.5 cm³/mol. The Kier molecular flexibility index (Phi) is 4.12. The number of hydrogen-bond acceptors (Lipinski definition) is 4. The van der Waals surface area contributed by atoms with E-state index in [-0.39, 0.29) is 6.04 Å². The van der Waals surface area contributed by atoms with Crippen molar-refractivity contribution in [3.05, 3.63) is 60.9 Å². The second kappa shape index (κ2) is 6.37. The van der Waals surface area contributed by atoms with E-state index >= 15 is 0 Å². The molecule has 3 aromatic rings. The van der Waals surface area contributed by atoms with E-state index in [0.717, 1.165) is 17.9 Å². The highest BCUT2D eigenvalue weighted by Crippen LogP contribution is 2.19. The Morgan fingerprint density at radius 1 is 1.24 bits per heavy atom. The molecule has 21 heavy (non-hydrogen) atoms. The van der Waals surface area contributed by atoms with E-state index in [1.165, 1.54) is 0 Å². The van der Waals surface area contributed by atoms with Crippen molar-refractivity contribution < 1.29 is 4.42 Å². The van der Waals surface area contributed by atoms with Crippen molar-refractivity contribution in [2.24, 2.45) is 0 Å². The third kappa shape index (κ3) is 3.58. The maximum Gasteiger partial charge on any atom is 0.208 e. The molecule has 5 heteroatoms. The summed E-state index contributed by atoms with van der Waals surface area (Å²) in [5.74, 6) is 1.49. The molecule has 0 amide bonds. The zero-order chi connectivity index (χ0) is 14.5. The molecule has 1 unspecified atom stereocenters. The zero-order valence-corrected chi connectivity index (χ0v) is 11.9. The fraction of sp³-hybridized carbons (Fsp3) is 0.250. The van der Waals surface area contributed by atoms with Crippen LogP contribution in [0.2, 0.25) is 0 Å². The van der Waals surface area contributed by atoms with Crippen LogP contribution in [0.4, 0.5) is 0 Å². The van der Waals surface area contributed by atoms with E-state index in [2.05, 4.69) is 22.3 Å². The quantitative estimate of drug-likeness (QED) is 0.755. The maximum absolute atomic E-state index is 5.76. The van der Waals surface area contributed by atoms with Gasteiger partial charge in [-0.3, -0.25) is 4.68 Å². The number of nitrogens with zero attached hydrogens (tertiary/aromatic N) is 3. The Morgan fingerprint density at radius 2 is 2.10 bits per heavy atom. The molecule has 0 aliphatic heterocycles. The van der Waals surface area contributed by atoms with Gasteiger partial charge in [0.1, 0.15) is 0 Å². The van der Waals surface area contributed by atoms with E-state index in [1.807, 2.05) is 47.3 Å². The molecule has 2 aromatic heterocycles. The van der Waals surface area contributed by atoms with Crippen LogP contribution in [-0.4, -0.2) is 20.8 Å². The minimum Gasteiger partial charge on any atom is -0.439 e. The molecule has 5 nitrogen and oxygen atoms in total. The molecule has 0 aliphatic carbocycles. The molecule has 0 spiro atoms. The van der Waals surface area contributed by atoms with Crippen molar-refractivity contribution in [2.45, 2.75) is 26.1 Å². The summed E-state index contributed by atoms with van der Waals surface area (Å²) in [7, 11) is 0. The van der Waals surface area contributed by atoms with Gasteiger partial charge in [-0.15, -0.1) is 0 Å². The van der Waals surface area contributed by atoms with Crippen LogP contribution in [0.15, 0.2) is 59.4 Å². The Bertz CT molecular complexity index is 661. The van der Waals surface area contributed by atoms with Gasteiger partial charge >= 0.3 is 0 Å². The van der Waals surface area contributed by atoms with Crippen molar-refractivity contribution in [2.75, 3.05) is 0 Å². The Morgan fingerprint density at radius 3 is 2.86 bits per heavy atom. The van der Waals surface area contributed by atoms with E-state index < -0.39 is 0 Å². The highest BCUT2D eigenvalue weighted by atomic mass is 16.4. The van der Waals surface area contributed by atoms with E-state index in [1.54, 1.807) is 12.4 Å². The SMILES string of the molecule is CC(Cn1cccn1)NCc1ncc(-c2ccccc2)o1. The minimum absolute atomic E-state index is 0.289. The second-order valence-corrected chi connectivity index (χ2v) is 4.99. The molecule has 1 aromatic carbocycles. The standard InChI is InChI=1S/C16H18N4O/c1-13(12-20-9-5-8-19-20)17-11-16-18-10-15(21-16)14-6-3-2-4-7-14/h2-10,13,17H,11-12H2,1H3. The van der Waals surface area contributed by atoms with Crippen LogP contribution in [0, 0.1) is 0 Å². The summed E-state index contributed by atoms with van der Waals surface area (Å²) in [4.78, 5) is 4.31. The molecule has 1 N–H and O–H groups in total. The number of oxazole rings is 1. The zero-order valence-electron chi connectivity index (χ0n) is 11.9. The fourth-order valence-corrected chi connectivity index (χ4v) is 2.14. The third-order valence-electron chi connectivity index (χ3n) is 3.23.